The molecule has 1 amide bonds. The molecular formula is C13H21NO12. The Hall–Kier alpha value is -1.26. The number of aldehydes is 1. The van der Waals surface area contributed by atoms with Crippen molar-refractivity contribution in [2.45, 2.75) is 60.9 Å². The number of amides is 1. The first kappa shape index (κ1) is 21.0. The molecule has 0 bridgehead atoms. The van der Waals surface area contributed by atoms with Crippen molar-refractivity contribution in [3.8, 4) is 0 Å². The van der Waals surface area contributed by atoms with Crippen molar-refractivity contribution in [2.75, 3.05) is 6.61 Å². The van der Waals surface area contributed by atoms with Gasteiger partial charge in [-0.25, -0.2) is 0 Å². The van der Waals surface area contributed by atoms with Crippen LogP contribution < -0.4 is 5.73 Å². The maximum Gasteiger partial charge on any atom is 0.260 e. The fraction of sp³-hybridized carbons (Fsp3) is 0.846. The van der Waals surface area contributed by atoms with Crippen molar-refractivity contribution in [1.82, 2.24) is 0 Å². The van der Waals surface area contributed by atoms with Crippen LogP contribution in [-0.4, -0.2) is 115 Å². The van der Waals surface area contributed by atoms with Crippen LogP contribution in [0.15, 0.2) is 0 Å². The number of aliphatic hydroxyl groups excluding tert-OH is 7. The molecule has 13 heteroatoms. The highest BCUT2D eigenvalue weighted by molar-refractivity contribution is 6.00. The van der Waals surface area contributed by atoms with E-state index in [9.17, 15) is 45.3 Å². The average Bonchev–Trinajstić information content (AvgIpc) is 2.61. The van der Waals surface area contributed by atoms with E-state index < -0.39 is 73.4 Å². The summed E-state index contributed by atoms with van der Waals surface area (Å²) in [6.45, 7) is -0.797. The lowest BCUT2D eigenvalue weighted by atomic mass is 9.87. The minimum atomic E-state index is -2.75. The lowest BCUT2D eigenvalue weighted by Gasteiger charge is -2.47. The van der Waals surface area contributed by atoms with Crippen LogP contribution in [-0.2, 0) is 23.8 Å². The highest BCUT2D eigenvalue weighted by atomic mass is 16.7. The molecule has 0 spiro atoms. The maximum absolute atomic E-state index is 11.6. The molecule has 2 fully saturated rings. The van der Waals surface area contributed by atoms with Gasteiger partial charge in [-0.05, 0) is 0 Å². The Morgan fingerprint density at radius 1 is 1.08 bits per heavy atom. The quantitative estimate of drug-likeness (QED) is 0.164. The van der Waals surface area contributed by atoms with E-state index in [1.807, 2.05) is 0 Å². The van der Waals surface area contributed by atoms with E-state index in [0.29, 0.717) is 0 Å². The summed E-state index contributed by atoms with van der Waals surface area (Å²) in [6, 6.07) is 0. The van der Waals surface area contributed by atoms with E-state index in [1.54, 1.807) is 0 Å². The molecule has 0 aromatic carbocycles. The fourth-order valence-electron chi connectivity index (χ4n) is 2.79. The summed E-state index contributed by atoms with van der Waals surface area (Å²) in [7, 11) is 0. The lowest BCUT2D eigenvalue weighted by molar-refractivity contribution is -0.358. The van der Waals surface area contributed by atoms with Gasteiger partial charge in [0.2, 0.25) is 5.60 Å². The Morgan fingerprint density at radius 2 is 1.69 bits per heavy atom. The maximum atomic E-state index is 11.6. The number of hydrogen-bond acceptors (Lipinski definition) is 12. The van der Waals surface area contributed by atoms with Crippen molar-refractivity contribution in [3.63, 3.8) is 0 Å². The van der Waals surface area contributed by atoms with E-state index in [2.05, 4.69) is 0 Å². The smallest absolute Gasteiger partial charge is 0.260 e. The van der Waals surface area contributed by atoms with E-state index in [4.69, 9.17) is 19.9 Å². The van der Waals surface area contributed by atoms with Gasteiger partial charge in [0.05, 0.1) is 6.61 Å². The molecular weight excluding hydrogens is 362 g/mol. The average molecular weight is 383 g/mol. The van der Waals surface area contributed by atoms with Gasteiger partial charge < -0.3 is 55.7 Å². The van der Waals surface area contributed by atoms with Crippen molar-refractivity contribution in [1.29, 1.82) is 0 Å². The summed E-state index contributed by atoms with van der Waals surface area (Å²) < 4.78 is 15.0. The molecule has 150 valence electrons. The van der Waals surface area contributed by atoms with Gasteiger partial charge in [0.25, 0.3) is 5.91 Å². The largest absolute Gasteiger partial charge is 0.394 e. The second-order valence-corrected chi connectivity index (χ2v) is 6.02. The molecule has 2 aliphatic heterocycles. The number of rotatable bonds is 5. The fourth-order valence-corrected chi connectivity index (χ4v) is 2.79. The first-order chi connectivity index (χ1) is 12.1. The molecule has 0 aromatic rings. The van der Waals surface area contributed by atoms with Crippen LogP contribution in [0.4, 0.5) is 0 Å². The molecule has 2 aliphatic rings. The lowest BCUT2D eigenvalue weighted by Crippen LogP contribution is -2.71. The molecule has 2 heterocycles. The number of hydrogen-bond donors (Lipinski definition) is 8. The zero-order valence-corrected chi connectivity index (χ0v) is 13.2. The Kier molecular flexibility index (Phi) is 6.29. The monoisotopic (exact) mass is 383 g/mol. The first-order valence-corrected chi connectivity index (χ1v) is 7.55. The predicted octanol–water partition coefficient (Wildman–Crippen LogP) is -6.34. The molecule has 26 heavy (non-hydrogen) atoms. The highest BCUT2D eigenvalue weighted by Gasteiger charge is 2.59. The van der Waals surface area contributed by atoms with Crippen LogP contribution in [0.1, 0.15) is 0 Å². The number of nitrogens with two attached hydrogens (primary N) is 1. The Labute approximate surface area is 146 Å². The number of carbonyl (C=O) groups is 2. The van der Waals surface area contributed by atoms with Gasteiger partial charge >= 0.3 is 0 Å². The Morgan fingerprint density at radius 3 is 2.19 bits per heavy atom. The molecule has 0 aliphatic carbocycles. The summed E-state index contributed by atoms with van der Waals surface area (Å²) in [5.74, 6) is -1.48. The van der Waals surface area contributed by atoms with Crippen molar-refractivity contribution in [3.05, 3.63) is 0 Å². The second kappa shape index (κ2) is 7.77. The topological polar surface area (TPSA) is 229 Å². The van der Waals surface area contributed by atoms with Crippen LogP contribution in [0.3, 0.4) is 0 Å². The third kappa shape index (κ3) is 3.34. The number of ether oxygens (including phenoxy) is 3. The molecule has 2 saturated heterocycles. The zero-order chi connectivity index (χ0) is 19.8. The van der Waals surface area contributed by atoms with Gasteiger partial charge in [-0.3, -0.25) is 9.59 Å². The van der Waals surface area contributed by atoms with Crippen molar-refractivity contribution >= 4 is 12.2 Å². The van der Waals surface area contributed by atoms with Gasteiger partial charge in [0, 0.05) is 0 Å². The second-order valence-electron chi connectivity index (χ2n) is 6.02. The van der Waals surface area contributed by atoms with Crippen LogP contribution in [0, 0.1) is 0 Å². The summed E-state index contributed by atoms with van der Waals surface area (Å²) in [5, 5.41) is 68.1. The summed E-state index contributed by atoms with van der Waals surface area (Å²) in [4.78, 5) is 22.8. The van der Waals surface area contributed by atoms with Gasteiger partial charge in [-0.1, -0.05) is 0 Å². The SMILES string of the molecule is NC(=O)[C@]1(C=O)O[C@@H](O[C@H]2[C@H](O)[C@@H](O)[C@@H](O)O[C@@H]2CO)[C@H](O)[C@@H](O)[C@H]1O. The van der Waals surface area contributed by atoms with Gasteiger partial charge in [0.1, 0.15) is 42.7 Å². The minimum absolute atomic E-state index is 0.179. The van der Waals surface area contributed by atoms with Gasteiger partial charge in [-0.15, -0.1) is 0 Å². The van der Waals surface area contributed by atoms with Crippen molar-refractivity contribution < 1.29 is 59.5 Å². The molecule has 13 nitrogen and oxygen atoms in total. The third-order valence-electron chi connectivity index (χ3n) is 4.39. The number of carbonyl (C=O) groups excluding carboxylic acids is 2. The van der Waals surface area contributed by atoms with Gasteiger partial charge in [0.15, 0.2) is 18.9 Å². The van der Waals surface area contributed by atoms with Crippen LogP contribution in [0.25, 0.3) is 0 Å². The molecule has 0 saturated carbocycles. The molecule has 0 unspecified atom stereocenters. The normalized spacial score (nSPS) is 49.6. The van der Waals surface area contributed by atoms with Crippen LogP contribution in [0.5, 0.6) is 0 Å². The highest BCUT2D eigenvalue weighted by Crippen LogP contribution is 2.32. The first-order valence-electron chi connectivity index (χ1n) is 7.55. The van der Waals surface area contributed by atoms with E-state index in [-0.39, 0.29) is 6.29 Å². The van der Waals surface area contributed by atoms with E-state index in [0.717, 1.165) is 0 Å². The Balaban J connectivity index is 2.28. The summed E-state index contributed by atoms with van der Waals surface area (Å²) in [6.07, 6.45) is -17.0. The Bertz CT molecular complexity index is 531. The van der Waals surface area contributed by atoms with E-state index in [1.165, 1.54) is 0 Å². The zero-order valence-electron chi connectivity index (χ0n) is 13.2. The van der Waals surface area contributed by atoms with E-state index >= 15 is 0 Å². The summed E-state index contributed by atoms with van der Waals surface area (Å²) >= 11 is 0. The van der Waals surface area contributed by atoms with Gasteiger partial charge in [-0.2, -0.15) is 0 Å². The van der Waals surface area contributed by atoms with Crippen molar-refractivity contribution in [2.24, 2.45) is 5.73 Å². The van der Waals surface area contributed by atoms with Crippen LogP contribution >= 0.6 is 0 Å². The van der Waals surface area contributed by atoms with Crippen LogP contribution in [0.2, 0.25) is 0 Å². The molecule has 0 radical (unpaired) electrons. The molecule has 2 rings (SSSR count). The third-order valence-corrected chi connectivity index (χ3v) is 4.39. The standard InChI is InChI=1S/C13H21NO12/c14-12(23)13(2-16)9(21)5(18)7(20)11(26-13)25-8-3(1-15)24-10(22)6(19)4(8)17/h2-11,15,17-22H,1H2,(H2,14,23)/t3-,4-,5-,6-,7-,8-,9-,10+,11-,13-/m1/s1. The minimum Gasteiger partial charge on any atom is -0.394 e. The molecule has 9 N–H and O–H groups in total. The summed E-state index contributed by atoms with van der Waals surface area (Å²) in [5.41, 5.74) is 2.28. The predicted molar refractivity (Wildman–Crippen MR) is 75.7 cm³/mol. The number of aliphatic hydroxyl groups is 7. The molecule has 10 atom stereocenters. The number of primary amides is 1. The molecule has 0 aromatic heterocycles.